The Labute approximate surface area is 113 Å². The zero-order valence-electron chi connectivity index (χ0n) is 11.3. The molecule has 1 heterocycles. The van der Waals surface area contributed by atoms with Crippen LogP contribution in [-0.2, 0) is 14.3 Å². The Bertz CT molecular complexity index is 458. The molecule has 1 aromatic rings. The lowest BCUT2D eigenvalue weighted by atomic mass is 10.0. The van der Waals surface area contributed by atoms with Gasteiger partial charge in [-0.3, -0.25) is 9.59 Å². The number of methoxy groups -OCH3 is 1. The Morgan fingerprint density at radius 2 is 2.11 bits per heavy atom. The van der Waals surface area contributed by atoms with Crippen LogP contribution in [0.4, 0.5) is 0 Å². The third-order valence-corrected chi connectivity index (χ3v) is 3.67. The summed E-state index contributed by atoms with van der Waals surface area (Å²) in [6.07, 6.45) is 0.756. The lowest BCUT2D eigenvalue weighted by Gasteiger charge is -2.25. The molecule has 19 heavy (non-hydrogen) atoms. The highest BCUT2D eigenvalue weighted by Crippen LogP contribution is 2.29. The number of nitrogens with zero attached hydrogens (tertiary/aromatic N) is 1. The molecule has 1 aromatic carbocycles. The third kappa shape index (κ3) is 3.13. The first-order chi connectivity index (χ1) is 9.11. The van der Waals surface area contributed by atoms with Crippen LogP contribution in [0.3, 0.4) is 0 Å². The number of esters is 1. The zero-order chi connectivity index (χ0) is 13.8. The molecule has 1 fully saturated rings. The van der Waals surface area contributed by atoms with E-state index in [1.165, 1.54) is 7.11 Å². The van der Waals surface area contributed by atoms with Crippen molar-refractivity contribution in [2.24, 2.45) is 5.92 Å². The number of likely N-dealkylation sites (tertiary alicyclic amines) is 1. The van der Waals surface area contributed by atoms with Gasteiger partial charge in [-0.25, -0.2) is 0 Å². The molecule has 1 aliphatic rings. The summed E-state index contributed by atoms with van der Waals surface area (Å²) in [7, 11) is 1.38. The molecule has 0 bridgehead atoms. The Balaban J connectivity index is 2.02. The van der Waals surface area contributed by atoms with E-state index in [9.17, 15) is 9.59 Å². The number of benzene rings is 1. The van der Waals surface area contributed by atoms with E-state index in [0.29, 0.717) is 19.4 Å². The minimum atomic E-state index is -0.244. The summed E-state index contributed by atoms with van der Waals surface area (Å²) >= 11 is 0. The lowest BCUT2D eigenvalue weighted by Crippen LogP contribution is -2.28. The van der Waals surface area contributed by atoms with Gasteiger partial charge in [0.25, 0.3) is 0 Å². The molecule has 0 spiro atoms. The van der Waals surface area contributed by atoms with Crippen LogP contribution in [0, 0.1) is 5.92 Å². The highest BCUT2D eigenvalue weighted by atomic mass is 16.5. The van der Waals surface area contributed by atoms with Gasteiger partial charge in [0.1, 0.15) is 0 Å². The molecule has 2 rings (SSSR count). The Kier molecular flexibility index (Phi) is 4.20. The van der Waals surface area contributed by atoms with Crippen LogP contribution in [0.5, 0.6) is 0 Å². The second-order valence-electron chi connectivity index (χ2n) is 4.98. The molecule has 4 heteroatoms. The number of hydrogen-bond donors (Lipinski definition) is 0. The molecule has 0 N–H and O–H groups in total. The Hall–Kier alpha value is -1.84. The average molecular weight is 261 g/mol. The van der Waals surface area contributed by atoms with Gasteiger partial charge in [-0.1, -0.05) is 30.3 Å². The second kappa shape index (κ2) is 5.87. The van der Waals surface area contributed by atoms with Crippen molar-refractivity contribution in [3.05, 3.63) is 35.9 Å². The van der Waals surface area contributed by atoms with E-state index in [4.69, 9.17) is 0 Å². The molecule has 1 saturated heterocycles. The van der Waals surface area contributed by atoms with Crippen molar-refractivity contribution >= 4 is 11.9 Å². The van der Waals surface area contributed by atoms with Gasteiger partial charge in [-0.05, 0) is 18.4 Å². The number of amides is 1. The maximum atomic E-state index is 12.0. The Morgan fingerprint density at radius 3 is 2.74 bits per heavy atom. The van der Waals surface area contributed by atoms with Gasteiger partial charge >= 0.3 is 5.97 Å². The van der Waals surface area contributed by atoms with E-state index in [0.717, 1.165) is 5.56 Å². The maximum absolute atomic E-state index is 12.0. The summed E-state index contributed by atoms with van der Waals surface area (Å²) in [5.41, 5.74) is 1.12. The summed E-state index contributed by atoms with van der Waals surface area (Å²) in [6.45, 7) is 2.65. The van der Waals surface area contributed by atoms with Crippen LogP contribution in [-0.4, -0.2) is 30.4 Å². The van der Waals surface area contributed by atoms with Gasteiger partial charge in [0.2, 0.25) is 5.91 Å². The van der Waals surface area contributed by atoms with Crippen LogP contribution >= 0.6 is 0 Å². The van der Waals surface area contributed by atoms with E-state index < -0.39 is 0 Å². The minimum Gasteiger partial charge on any atom is -0.469 e. The lowest BCUT2D eigenvalue weighted by molar-refractivity contribution is -0.141. The molecule has 102 valence electrons. The predicted molar refractivity (Wildman–Crippen MR) is 71.3 cm³/mol. The highest BCUT2D eigenvalue weighted by molar-refractivity contribution is 5.80. The van der Waals surface area contributed by atoms with Crippen molar-refractivity contribution < 1.29 is 14.3 Å². The number of carbonyl (C=O) groups is 2. The molecular formula is C15H19NO3. The molecule has 0 aromatic heterocycles. The Morgan fingerprint density at radius 1 is 1.42 bits per heavy atom. The van der Waals surface area contributed by atoms with Crippen LogP contribution in [0.25, 0.3) is 0 Å². The van der Waals surface area contributed by atoms with Gasteiger partial charge in [0.05, 0.1) is 19.6 Å². The predicted octanol–water partition coefficient (Wildman–Crippen LogP) is 2.16. The summed E-state index contributed by atoms with van der Waals surface area (Å²) in [6, 6.07) is 9.99. The van der Waals surface area contributed by atoms with Crippen molar-refractivity contribution in [3.63, 3.8) is 0 Å². The average Bonchev–Trinajstić information content (AvgIpc) is 2.79. The number of ether oxygens (including phenoxy) is 1. The van der Waals surface area contributed by atoms with Crippen molar-refractivity contribution in [1.82, 2.24) is 4.90 Å². The summed E-state index contributed by atoms with van der Waals surface area (Å²) in [4.78, 5) is 25.2. The van der Waals surface area contributed by atoms with Crippen molar-refractivity contribution in [1.29, 1.82) is 0 Å². The minimum absolute atomic E-state index is 0.0522. The van der Waals surface area contributed by atoms with E-state index in [-0.39, 0.29) is 23.8 Å². The SMILES string of the molecule is COC(=O)C[C@@H]1CC(=O)N([C@@H](C)c2ccccc2)C1. The fourth-order valence-corrected chi connectivity index (χ4v) is 2.55. The second-order valence-corrected chi connectivity index (χ2v) is 4.98. The monoisotopic (exact) mass is 261 g/mol. The molecule has 0 radical (unpaired) electrons. The topological polar surface area (TPSA) is 46.6 Å². The van der Waals surface area contributed by atoms with Gasteiger partial charge in [0, 0.05) is 13.0 Å². The molecule has 4 nitrogen and oxygen atoms in total. The van der Waals surface area contributed by atoms with Gasteiger partial charge < -0.3 is 9.64 Å². The molecule has 2 atom stereocenters. The van der Waals surface area contributed by atoms with Gasteiger partial charge in [-0.15, -0.1) is 0 Å². The summed E-state index contributed by atoms with van der Waals surface area (Å²) in [5.74, 6) is -0.0524. The summed E-state index contributed by atoms with van der Waals surface area (Å²) in [5, 5.41) is 0. The first-order valence-corrected chi connectivity index (χ1v) is 6.53. The highest BCUT2D eigenvalue weighted by Gasteiger charge is 2.34. The largest absolute Gasteiger partial charge is 0.469 e. The van der Waals surface area contributed by atoms with Gasteiger partial charge in [0.15, 0.2) is 0 Å². The molecule has 1 amide bonds. The molecule has 0 saturated carbocycles. The normalized spacial score (nSPS) is 20.4. The van der Waals surface area contributed by atoms with Crippen LogP contribution in [0.15, 0.2) is 30.3 Å². The van der Waals surface area contributed by atoms with Gasteiger partial charge in [-0.2, -0.15) is 0 Å². The van der Waals surface area contributed by atoms with E-state index in [1.807, 2.05) is 42.2 Å². The number of hydrogen-bond acceptors (Lipinski definition) is 3. The molecule has 1 aliphatic heterocycles. The number of carbonyl (C=O) groups excluding carboxylic acids is 2. The smallest absolute Gasteiger partial charge is 0.305 e. The molecule has 0 unspecified atom stereocenters. The van der Waals surface area contributed by atoms with Crippen LogP contribution < -0.4 is 0 Å². The van der Waals surface area contributed by atoms with Crippen molar-refractivity contribution in [2.45, 2.75) is 25.8 Å². The third-order valence-electron chi connectivity index (χ3n) is 3.67. The zero-order valence-corrected chi connectivity index (χ0v) is 11.3. The molecule has 0 aliphatic carbocycles. The fraction of sp³-hybridized carbons (Fsp3) is 0.467. The quantitative estimate of drug-likeness (QED) is 0.780. The fourth-order valence-electron chi connectivity index (χ4n) is 2.55. The first-order valence-electron chi connectivity index (χ1n) is 6.53. The standard InChI is InChI=1S/C15H19NO3/c1-11(13-6-4-3-5-7-13)16-10-12(8-14(16)17)9-15(18)19-2/h3-7,11-12H,8-10H2,1-2H3/t11-,12-/m0/s1. The van der Waals surface area contributed by atoms with E-state index in [2.05, 4.69) is 4.74 Å². The molecular weight excluding hydrogens is 242 g/mol. The first kappa shape index (κ1) is 13.6. The maximum Gasteiger partial charge on any atom is 0.305 e. The van der Waals surface area contributed by atoms with E-state index in [1.54, 1.807) is 0 Å². The van der Waals surface area contributed by atoms with Crippen LogP contribution in [0.1, 0.15) is 31.4 Å². The van der Waals surface area contributed by atoms with Crippen molar-refractivity contribution in [2.75, 3.05) is 13.7 Å². The number of rotatable bonds is 4. The van der Waals surface area contributed by atoms with E-state index >= 15 is 0 Å². The van der Waals surface area contributed by atoms with Crippen molar-refractivity contribution in [3.8, 4) is 0 Å². The van der Waals surface area contributed by atoms with Crippen LogP contribution in [0.2, 0.25) is 0 Å². The summed E-state index contributed by atoms with van der Waals surface area (Å²) < 4.78 is 4.66.